The van der Waals surface area contributed by atoms with Gasteiger partial charge in [-0.15, -0.1) is 11.3 Å². The summed E-state index contributed by atoms with van der Waals surface area (Å²) in [5.74, 6) is -1.40. The number of hydrogen-bond acceptors (Lipinski definition) is 7. The minimum atomic E-state index is -1.02. The molecule has 0 bridgehead atoms. The van der Waals surface area contributed by atoms with Crippen molar-refractivity contribution in [1.29, 1.82) is 0 Å². The number of aromatic nitrogens is 1. The van der Waals surface area contributed by atoms with Crippen molar-refractivity contribution in [3.05, 3.63) is 45.5 Å². The number of aliphatic carboxylic acids is 1. The number of carbonyl (C=O) groups is 2. The van der Waals surface area contributed by atoms with E-state index in [9.17, 15) is 24.8 Å². The number of non-ortho nitro benzene ring substituents is 1. The number of nitro benzene ring substituents is 1. The fourth-order valence-electron chi connectivity index (χ4n) is 2.80. The topological polar surface area (TPSA) is 132 Å². The maximum atomic E-state index is 12.4. The highest BCUT2D eigenvalue weighted by Crippen LogP contribution is 2.30. The van der Waals surface area contributed by atoms with Crippen LogP contribution in [-0.4, -0.2) is 46.6 Å². The summed E-state index contributed by atoms with van der Waals surface area (Å²) in [6.45, 7) is 0.710. The van der Waals surface area contributed by atoms with E-state index < -0.39 is 22.2 Å². The van der Waals surface area contributed by atoms with E-state index in [0.717, 1.165) is 0 Å². The molecule has 1 aliphatic heterocycles. The van der Waals surface area contributed by atoms with Gasteiger partial charge in [-0.2, -0.15) is 0 Å². The molecular formula is C17H17N3O6S. The number of carboxylic acids is 1. The van der Waals surface area contributed by atoms with Crippen LogP contribution in [0.3, 0.4) is 0 Å². The van der Waals surface area contributed by atoms with Gasteiger partial charge in [0.1, 0.15) is 10.7 Å². The molecule has 0 radical (unpaired) electrons. The summed E-state index contributed by atoms with van der Waals surface area (Å²) in [6.07, 6.45) is 0.682. The second-order valence-electron chi connectivity index (χ2n) is 6.22. The zero-order chi connectivity index (χ0) is 19.4. The van der Waals surface area contributed by atoms with E-state index in [1.54, 1.807) is 17.5 Å². The van der Waals surface area contributed by atoms with Gasteiger partial charge in [-0.1, -0.05) is 0 Å². The van der Waals surface area contributed by atoms with E-state index in [0.29, 0.717) is 36.6 Å². The second kappa shape index (κ2) is 7.80. The first-order chi connectivity index (χ1) is 12.9. The van der Waals surface area contributed by atoms with Crippen LogP contribution < -0.4 is 5.32 Å². The van der Waals surface area contributed by atoms with Gasteiger partial charge in [-0.25, -0.2) is 4.98 Å². The smallest absolute Gasteiger partial charge is 0.311 e. The SMILES string of the molecule is O=C(NCC1(C(=O)O)CCOCC1)c1csc(-c2ccc([N+](=O)[O-])cc2)n1. The Morgan fingerprint density at radius 1 is 1.30 bits per heavy atom. The Balaban J connectivity index is 1.67. The average Bonchev–Trinajstić information content (AvgIpc) is 3.17. The summed E-state index contributed by atoms with van der Waals surface area (Å²) in [5, 5.41) is 25.0. The van der Waals surface area contributed by atoms with Crippen LogP contribution in [0.2, 0.25) is 0 Å². The quantitative estimate of drug-likeness (QED) is 0.570. The summed E-state index contributed by atoms with van der Waals surface area (Å²) in [7, 11) is 0. The molecule has 1 aromatic carbocycles. The number of nitro groups is 1. The lowest BCUT2D eigenvalue weighted by atomic mass is 9.80. The molecule has 27 heavy (non-hydrogen) atoms. The van der Waals surface area contributed by atoms with Crippen LogP contribution in [0.25, 0.3) is 10.6 Å². The number of thiazole rings is 1. The molecule has 0 aliphatic carbocycles. The third-order valence-electron chi connectivity index (χ3n) is 4.55. The van der Waals surface area contributed by atoms with Gasteiger partial charge >= 0.3 is 5.97 Å². The first kappa shape index (κ1) is 18.9. The molecule has 10 heteroatoms. The van der Waals surface area contributed by atoms with Crippen molar-refractivity contribution in [3.63, 3.8) is 0 Å². The number of nitrogens with zero attached hydrogens (tertiary/aromatic N) is 2. The predicted octanol–water partition coefficient (Wildman–Crippen LogP) is 2.33. The van der Waals surface area contributed by atoms with Crippen LogP contribution in [-0.2, 0) is 9.53 Å². The lowest BCUT2D eigenvalue weighted by Gasteiger charge is -2.32. The third kappa shape index (κ3) is 4.12. The maximum Gasteiger partial charge on any atom is 0.311 e. The van der Waals surface area contributed by atoms with Gasteiger partial charge in [0.2, 0.25) is 0 Å². The molecular weight excluding hydrogens is 374 g/mol. The standard InChI is InChI=1S/C17H17N3O6S/c21-14(18-10-17(16(22)23)5-7-26-8-6-17)13-9-27-15(19-13)11-1-3-12(4-2-11)20(24)25/h1-4,9H,5-8,10H2,(H,18,21)(H,22,23). The Hall–Kier alpha value is -2.85. The molecule has 3 rings (SSSR count). The number of amides is 1. The molecule has 1 fully saturated rings. The fourth-order valence-corrected chi connectivity index (χ4v) is 3.61. The summed E-state index contributed by atoms with van der Waals surface area (Å²) in [6, 6.07) is 5.89. The number of carbonyl (C=O) groups excluding carboxylic acids is 1. The molecule has 1 saturated heterocycles. The molecule has 2 aromatic rings. The highest BCUT2D eigenvalue weighted by atomic mass is 32.1. The minimum absolute atomic E-state index is 0.00885. The van der Waals surface area contributed by atoms with Crippen LogP contribution in [0.1, 0.15) is 23.3 Å². The molecule has 2 N–H and O–H groups in total. The van der Waals surface area contributed by atoms with E-state index in [2.05, 4.69) is 10.3 Å². The molecule has 1 amide bonds. The largest absolute Gasteiger partial charge is 0.481 e. The van der Waals surface area contributed by atoms with Crippen molar-refractivity contribution in [2.24, 2.45) is 5.41 Å². The fraction of sp³-hybridized carbons (Fsp3) is 0.353. The predicted molar refractivity (Wildman–Crippen MR) is 96.7 cm³/mol. The monoisotopic (exact) mass is 391 g/mol. The molecule has 2 heterocycles. The first-order valence-electron chi connectivity index (χ1n) is 8.21. The average molecular weight is 391 g/mol. The van der Waals surface area contributed by atoms with Gasteiger partial charge < -0.3 is 15.2 Å². The van der Waals surface area contributed by atoms with E-state index >= 15 is 0 Å². The van der Waals surface area contributed by atoms with Gasteiger partial charge in [0.15, 0.2) is 0 Å². The zero-order valence-electron chi connectivity index (χ0n) is 14.2. The summed E-state index contributed by atoms with van der Waals surface area (Å²) in [4.78, 5) is 38.5. The lowest BCUT2D eigenvalue weighted by Crippen LogP contribution is -2.46. The number of ether oxygens (including phenoxy) is 1. The molecule has 0 atom stereocenters. The van der Waals surface area contributed by atoms with Crippen LogP contribution >= 0.6 is 11.3 Å². The lowest BCUT2D eigenvalue weighted by molar-refractivity contribution is -0.384. The number of nitrogens with one attached hydrogen (secondary N) is 1. The zero-order valence-corrected chi connectivity index (χ0v) is 15.0. The van der Waals surface area contributed by atoms with Gasteiger partial charge in [-0.3, -0.25) is 19.7 Å². The van der Waals surface area contributed by atoms with Gasteiger partial charge in [0.05, 0.1) is 10.3 Å². The van der Waals surface area contributed by atoms with E-state index in [1.165, 1.54) is 23.5 Å². The molecule has 0 spiro atoms. The van der Waals surface area contributed by atoms with Crippen molar-refractivity contribution >= 4 is 28.9 Å². The highest BCUT2D eigenvalue weighted by Gasteiger charge is 2.40. The van der Waals surface area contributed by atoms with Crippen molar-refractivity contribution < 1.29 is 24.4 Å². The summed E-state index contributed by atoms with van der Waals surface area (Å²) in [5.41, 5.74) is -0.203. The Morgan fingerprint density at radius 2 is 1.96 bits per heavy atom. The molecule has 142 valence electrons. The van der Waals surface area contributed by atoms with E-state index in [1.807, 2.05) is 0 Å². The van der Waals surface area contributed by atoms with Crippen molar-refractivity contribution in [3.8, 4) is 10.6 Å². The number of benzene rings is 1. The molecule has 1 aliphatic rings. The first-order valence-corrected chi connectivity index (χ1v) is 9.09. The van der Waals surface area contributed by atoms with Gasteiger partial charge in [0, 0.05) is 42.8 Å². The molecule has 9 nitrogen and oxygen atoms in total. The molecule has 0 unspecified atom stereocenters. The van der Waals surface area contributed by atoms with Crippen LogP contribution in [0, 0.1) is 15.5 Å². The second-order valence-corrected chi connectivity index (χ2v) is 7.08. The Kier molecular flexibility index (Phi) is 5.47. The van der Waals surface area contributed by atoms with E-state index in [-0.39, 0.29) is 17.9 Å². The van der Waals surface area contributed by atoms with Crippen molar-refractivity contribution in [2.75, 3.05) is 19.8 Å². The Morgan fingerprint density at radius 3 is 2.56 bits per heavy atom. The molecule has 1 aromatic heterocycles. The van der Waals surface area contributed by atoms with Crippen LogP contribution in [0.5, 0.6) is 0 Å². The number of rotatable bonds is 6. The summed E-state index contributed by atoms with van der Waals surface area (Å²) < 4.78 is 5.21. The van der Waals surface area contributed by atoms with Gasteiger partial charge in [-0.05, 0) is 25.0 Å². The number of carboxylic acid groups (broad SMARTS) is 1. The van der Waals surface area contributed by atoms with Crippen LogP contribution in [0.15, 0.2) is 29.6 Å². The maximum absolute atomic E-state index is 12.4. The van der Waals surface area contributed by atoms with Gasteiger partial charge in [0.25, 0.3) is 11.6 Å². The van der Waals surface area contributed by atoms with E-state index in [4.69, 9.17) is 4.74 Å². The minimum Gasteiger partial charge on any atom is -0.481 e. The third-order valence-corrected chi connectivity index (χ3v) is 5.44. The van der Waals surface area contributed by atoms with Crippen molar-refractivity contribution in [1.82, 2.24) is 10.3 Å². The highest BCUT2D eigenvalue weighted by molar-refractivity contribution is 7.13. The Labute approximate surface area is 158 Å². The summed E-state index contributed by atoms with van der Waals surface area (Å²) >= 11 is 1.23. The normalized spacial score (nSPS) is 15.9. The van der Waals surface area contributed by atoms with Crippen LogP contribution in [0.4, 0.5) is 5.69 Å². The number of hydrogen-bond donors (Lipinski definition) is 2. The van der Waals surface area contributed by atoms with Crippen molar-refractivity contribution in [2.45, 2.75) is 12.8 Å². The molecule has 0 saturated carbocycles. The Bertz CT molecular complexity index is 858.